The summed E-state index contributed by atoms with van der Waals surface area (Å²) in [5.41, 5.74) is 7.79. The summed E-state index contributed by atoms with van der Waals surface area (Å²) in [5, 5.41) is 2.96. The molecule has 0 aromatic heterocycles. The zero-order chi connectivity index (χ0) is 13.8. The van der Waals surface area contributed by atoms with Crippen LogP contribution in [0.15, 0.2) is 22.7 Å². The van der Waals surface area contributed by atoms with Gasteiger partial charge in [-0.3, -0.25) is 9.69 Å². The maximum atomic E-state index is 12.0. The largest absolute Gasteiger partial charge is 0.328 e. The summed E-state index contributed by atoms with van der Waals surface area (Å²) >= 11 is 3.41. The van der Waals surface area contributed by atoms with E-state index in [4.69, 9.17) is 5.73 Å². The van der Waals surface area contributed by atoms with Crippen LogP contribution >= 0.6 is 15.9 Å². The summed E-state index contributed by atoms with van der Waals surface area (Å²) < 4.78 is 1.02. The molecule has 1 aromatic rings. The molecular formula is C14H20BrN3O. The third-order valence-electron chi connectivity index (χ3n) is 3.46. The molecule has 1 aromatic carbocycles. The fourth-order valence-corrected chi connectivity index (χ4v) is 2.75. The predicted molar refractivity (Wildman–Crippen MR) is 81.2 cm³/mol. The standard InChI is InChI=1S/C14H20BrN3O/c1-10-8-11(15)2-3-13(10)17-14(19)9-18-6-4-12(16)5-7-18/h2-3,8,12H,4-7,9,16H2,1H3,(H,17,19). The Hall–Kier alpha value is -0.910. The van der Waals surface area contributed by atoms with Crippen LogP contribution in [0.1, 0.15) is 18.4 Å². The van der Waals surface area contributed by atoms with Crippen LogP contribution in [0, 0.1) is 6.92 Å². The summed E-state index contributed by atoms with van der Waals surface area (Å²) in [6.45, 7) is 4.25. The molecule has 1 amide bonds. The molecule has 1 heterocycles. The quantitative estimate of drug-likeness (QED) is 0.894. The van der Waals surface area contributed by atoms with Crippen molar-refractivity contribution < 1.29 is 4.79 Å². The van der Waals surface area contributed by atoms with Gasteiger partial charge in [0.15, 0.2) is 0 Å². The molecule has 0 aliphatic carbocycles. The molecule has 1 aliphatic heterocycles. The SMILES string of the molecule is Cc1cc(Br)ccc1NC(=O)CN1CCC(N)CC1. The molecule has 104 valence electrons. The average molecular weight is 326 g/mol. The monoisotopic (exact) mass is 325 g/mol. The lowest BCUT2D eigenvalue weighted by Gasteiger charge is -2.29. The number of nitrogens with zero attached hydrogens (tertiary/aromatic N) is 1. The van der Waals surface area contributed by atoms with E-state index in [0.717, 1.165) is 41.7 Å². The van der Waals surface area contributed by atoms with Crippen LogP contribution in [0.25, 0.3) is 0 Å². The van der Waals surface area contributed by atoms with Gasteiger partial charge in [-0.1, -0.05) is 15.9 Å². The zero-order valence-corrected chi connectivity index (χ0v) is 12.7. The number of hydrogen-bond donors (Lipinski definition) is 2. The van der Waals surface area contributed by atoms with Gasteiger partial charge in [-0.15, -0.1) is 0 Å². The van der Waals surface area contributed by atoms with Crippen LogP contribution < -0.4 is 11.1 Å². The summed E-state index contributed by atoms with van der Waals surface area (Å²) in [5.74, 6) is 0.0425. The summed E-state index contributed by atoms with van der Waals surface area (Å²) in [6, 6.07) is 6.15. The fraction of sp³-hybridized carbons (Fsp3) is 0.500. The highest BCUT2D eigenvalue weighted by Crippen LogP contribution is 2.20. The summed E-state index contributed by atoms with van der Waals surface area (Å²) in [7, 11) is 0. The maximum Gasteiger partial charge on any atom is 0.238 e. The van der Waals surface area contributed by atoms with Crippen molar-refractivity contribution in [3.63, 3.8) is 0 Å². The van der Waals surface area contributed by atoms with Gasteiger partial charge in [0.25, 0.3) is 0 Å². The molecule has 0 atom stereocenters. The third kappa shape index (κ3) is 4.30. The number of hydrogen-bond acceptors (Lipinski definition) is 3. The maximum absolute atomic E-state index is 12.0. The third-order valence-corrected chi connectivity index (χ3v) is 3.96. The highest BCUT2D eigenvalue weighted by molar-refractivity contribution is 9.10. The molecule has 1 fully saturated rings. The van der Waals surface area contributed by atoms with Gasteiger partial charge in [-0.05, 0) is 43.5 Å². The smallest absolute Gasteiger partial charge is 0.238 e. The summed E-state index contributed by atoms with van der Waals surface area (Å²) in [6.07, 6.45) is 1.95. The minimum absolute atomic E-state index is 0.0425. The van der Waals surface area contributed by atoms with E-state index in [-0.39, 0.29) is 5.91 Å². The van der Waals surface area contributed by atoms with Crippen LogP contribution in [0.3, 0.4) is 0 Å². The number of amides is 1. The first-order chi connectivity index (χ1) is 9.04. The second-order valence-corrected chi connectivity index (χ2v) is 6.04. The molecule has 0 bridgehead atoms. The second kappa shape index (κ2) is 6.50. The molecule has 5 heteroatoms. The molecule has 0 spiro atoms. The number of piperidine rings is 1. The Kier molecular flexibility index (Phi) is 4.96. The first-order valence-electron chi connectivity index (χ1n) is 6.58. The number of carbonyl (C=O) groups excluding carboxylic acids is 1. The number of rotatable bonds is 3. The van der Waals surface area contributed by atoms with Crippen molar-refractivity contribution in [3.05, 3.63) is 28.2 Å². The number of nitrogens with two attached hydrogens (primary N) is 1. The van der Waals surface area contributed by atoms with Gasteiger partial charge in [0.2, 0.25) is 5.91 Å². The van der Waals surface area contributed by atoms with Crippen molar-refractivity contribution in [1.82, 2.24) is 4.90 Å². The number of carbonyl (C=O) groups is 1. The lowest BCUT2D eigenvalue weighted by Crippen LogP contribution is -2.43. The fourth-order valence-electron chi connectivity index (χ4n) is 2.27. The number of aryl methyl sites for hydroxylation is 1. The van der Waals surface area contributed by atoms with Gasteiger partial charge >= 0.3 is 0 Å². The Balaban J connectivity index is 1.87. The first-order valence-corrected chi connectivity index (χ1v) is 7.38. The van der Waals surface area contributed by atoms with E-state index in [1.54, 1.807) is 0 Å². The molecule has 0 saturated carbocycles. The Morgan fingerprint density at radius 2 is 2.16 bits per heavy atom. The second-order valence-electron chi connectivity index (χ2n) is 5.12. The van der Waals surface area contributed by atoms with Crippen molar-refractivity contribution in [2.24, 2.45) is 5.73 Å². The molecule has 2 rings (SSSR count). The first kappa shape index (κ1) is 14.5. The minimum Gasteiger partial charge on any atom is -0.328 e. The molecular weight excluding hydrogens is 306 g/mol. The van der Waals surface area contributed by atoms with Crippen LogP contribution in [0.4, 0.5) is 5.69 Å². The van der Waals surface area contributed by atoms with Crippen molar-refractivity contribution in [3.8, 4) is 0 Å². The lowest BCUT2D eigenvalue weighted by atomic mass is 10.1. The van der Waals surface area contributed by atoms with Gasteiger partial charge in [-0.2, -0.15) is 0 Å². The van der Waals surface area contributed by atoms with E-state index < -0.39 is 0 Å². The molecule has 0 radical (unpaired) electrons. The number of likely N-dealkylation sites (tertiary alicyclic amines) is 1. The molecule has 3 N–H and O–H groups in total. The van der Waals surface area contributed by atoms with E-state index in [0.29, 0.717) is 12.6 Å². The van der Waals surface area contributed by atoms with Crippen LogP contribution in [0.2, 0.25) is 0 Å². The molecule has 1 saturated heterocycles. The van der Waals surface area contributed by atoms with Gasteiger partial charge in [-0.25, -0.2) is 0 Å². The van der Waals surface area contributed by atoms with Crippen molar-refractivity contribution >= 4 is 27.5 Å². The van der Waals surface area contributed by atoms with Gasteiger partial charge < -0.3 is 11.1 Å². The topological polar surface area (TPSA) is 58.4 Å². The van der Waals surface area contributed by atoms with Crippen molar-refractivity contribution in [2.75, 3.05) is 25.0 Å². The van der Waals surface area contributed by atoms with Crippen LogP contribution in [0.5, 0.6) is 0 Å². The molecule has 19 heavy (non-hydrogen) atoms. The van der Waals surface area contributed by atoms with Crippen LogP contribution in [-0.4, -0.2) is 36.5 Å². The Labute approximate surface area is 122 Å². The van der Waals surface area contributed by atoms with E-state index in [1.165, 1.54) is 0 Å². The predicted octanol–water partition coefficient (Wildman–Crippen LogP) is 2.12. The van der Waals surface area contributed by atoms with Crippen molar-refractivity contribution in [1.29, 1.82) is 0 Å². The van der Waals surface area contributed by atoms with Crippen LogP contribution in [-0.2, 0) is 4.79 Å². The number of benzene rings is 1. The van der Waals surface area contributed by atoms with Gasteiger partial charge in [0, 0.05) is 29.3 Å². The molecule has 1 aliphatic rings. The van der Waals surface area contributed by atoms with E-state index >= 15 is 0 Å². The summed E-state index contributed by atoms with van der Waals surface area (Å²) in [4.78, 5) is 14.2. The van der Waals surface area contributed by atoms with E-state index in [1.807, 2.05) is 25.1 Å². The van der Waals surface area contributed by atoms with Gasteiger partial charge in [0.05, 0.1) is 6.54 Å². The average Bonchev–Trinajstić information content (AvgIpc) is 2.36. The minimum atomic E-state index is 0.0425. The Bertz CT molecular complexity index is 456. The zero-order valence-electron chi connectivity index (χ0n) is 11.2. The van der Waals surface area contributed by atoms with Gasteiger partial charge in [0.1, 0.15) is 0 Å². The normalized spacial score (nSPS) is 17.4. The van der Waals surface area contributed by atoms with E-state index in [2.05, 4.69) is 26.1 Å². The Morgan fingerprint density at radius 3 is 2.79 bits per heavy atom. The van der Waals surface area contributed by atoms with Crippen molar-refractivity contribution in [2.45, 2.75) is 25.8 Å². The number of anilines is 1. The molecule has 4 nitrogen and oxygen atoms in total. The van der Waals surface area contributed by atoms with E-state index in [9.17, 15) is 4.79 Å². The molecule has 0 unspecified atom stereocenters. The highest BCUT2D eigenvalue weighted by Gasteiger charge is 2.18. The number of halogens is 1. The number of nitrogens with one attached hydrogen (secondary N) is 1. The Morgan fingerprint density at radius 1 is 1.47 bits per heavy atom. The highest BCUT2D eigenvalue weighted by atomic mass is 79.9. The lowest BCUT2D eigenvalue weighted by molar-refractivity contribution is -0.117.